The van der Waals surface area contributed by atoms with Gasteiger partial charge in [0.1, 0.15) is 0 Å². The maximum Gasteiger partial charge on any atom is 0.00964 e. The highest BCUT2D eigenvalue weighted by Crippen LogP contribution is 2.27. The van der Waals surface area contributed by atoms with E-state index in [1.165, 1.54) is 51.6 Å². The van der Waals surface area contributed by atoms with Crippen LogP contribution >= 0.6 is 12.6 Å². The first-order valence-electron chi connectivity index (χ1n) is 6.59. The third-order valence-electron chi connectivity index (χ3n) is 3.16. The van der Waals surface area contributed by atoms with Gasteiger partial charge >= 0.3 is 0 Å². The summed E-state index contributed by atoms with van der Waals surface area (Å²) in [5, 5.41) is 0. The first-order chi connectivity index (χ1) is 7.24. The molecule has 0 aromatic heterocycles. The zero-order chi connectivity index (χ0) is 11.1. The molecule has 0 N–H and O–H groups in total. The van der Waals surface area contributed by atoms with Gasteiger partial charge in [0.15, 0.2) is 0 Å². The van der Waals surface area contributed by atoms with E-state index in [9.17, 15) is 0 Å². The van der Waals surface area contributed by atoms with Crippen molar-refractivity contribution < 1.29 is 0 Å². The van der Waals surface area contributed by atoms with Gasteiger partial charge in [0, 0.05) is 6.04 Å². The van der Waals surface area contributed by atoms with E-state index in [0.717, 1.165) is 17.7 Å². The van der Waals surface area contributed by atoms with E-state index in [1.807, 2.05) is 0 Å². The highest BCUT2D eigenvalue weighted by Gasteiger charge is 2.27. The predicted octanol–water partition coefficient (Wildman–Crippen LogP) is 3.60. The molecule has 0 heterocycles. The van der Waals surface area contributed by atoms with Crippen LogP contribution in [0.5, 0.6) is 0 Å². The number of hydrogen-bond acceptors (Lipinski definition) is 2. The van der Waals surface area contributed by atoms with Gasteiger partial charge in [-0.2, -0.15) is 12.6 Å². The highest BCUT2D eigenvalue weighted by molar-refractivity contribution is 7.80. The van der Waals surface area contributed by atoms with Crippen LogP contribution in [-0.2, 0) is 0 Å². The van der Waals surface area contributed by atoms with E-state index in [1.54, 1.807) is 0 Å². The van der Waals surface area contributed by atoms with Crippen LogP contribution in [0, 0.1) is 5.92 Å². The zero-order valence-corrected chi connectivity index (χ0v) is 11.3. The molecule has 0 spiro atoms. The minimum Gasteiger partial charge on any atom is -0.300 e. The summed E-state index contributed by atoms with van der Waals surface area (Å²) in [6.45, 7) is 7.30. The molecule has 0 aromatic rings. The van der Waals surface area contributed by atoms with Gasteiger partial charge in [0.05, 0.1) is 0 Å². The molecule has 0 aliphatic heterocycles. The molecule has 0 unspecified atom stereocenters. The Morgan fingerprint density at radius 1 is 1.13 bits per heavy atom. The van der Waals surface area contributed by atoms with Gasteiger partial charge in [-0.3, -0.25) is 0 Å². The van der Waals surface area contributed by atoms with Crippen LogP contribution < -0.4 is 0 Å². The van der Waals surface area contributed by atoms with E-state index in [4.69, 9.17) is 0 Å². The summed E-state index contributed by atoms with van der Waals surface area (Å²) < 4.78 is 0. The van der Waals surface area contributed by atoms with Crippen molar-refractivity contribution in [3.05, 3.63) is 0 Å². The lowest BCUT2D eigenvalue weighted by atomic mass is 10.1. The van der Waals surface area contributed by atoms with Crippen LogP contribution in [0.3, 0.4) is 0 Å². The lowest BCUT2D eigenvalue weighted by Crippen LogP contribution is -2.29. The summed E-state index contributed by atoms with van der Waals surface area (Å²) in [5.74, 6) is 1.90. The number of thiol groups is 1. The van der Waals surface area contributed by atoms with Crippen LogP contribution in [0.4, 0.5) is 0 Å². The summed E-state index contributed by atoms with van der Waals surface area (Å²) in [4.78, 5) is 2.72. The van der Waals surface area contributed by atoms with Crippen molar-refractivity contribution in [2.45, 2.75) is 58.4 Å². The Kier molecular flexibility index (Phi) is 6.74. The molecule has 0 radical (unpaired) electrons. The van der Waals surface area contributed by atoms with Crippen molar-refractivity contribution >= 4 is 12.6 Å². The van der Waals surface area contributed by atoms with Gasteiger partial charge in [-0.25, -0.2) is 0 Å². The minimum atomic E-state index is 0.851. The van der Waals surface area contributed by atoms with Crippen molar-refractivity contribution in [2.75, 3.05) is 18.8 Å². The number of rotatable bonds is 9. The van der Waals surface area contributed by atoms with Gasteiger partial charge in [0.2, 0.25) is 0 Å². The van der Waals surface area contributed by atoms with Gasteiger partial charge in [0.25, 0.3) is 0 Å². The Balaban J connectivity index is 2.07. The normalized spacial score (nSPS) is 16.6. The number of hydrogen-bond donors (Lipinski definition) is 1. The molecular weight excluding hydrogens is 202 g/mol. The van der Waals surface area contributed by atoms with Crippen molar-refractivity contribution in [2.24, 2.45) is 5.92 Å². The van der Waals surface area contributed by atoms with Gasteiger partial charge in [-0.15, -0.1) is 0 Å². The highest BCUT2D eigenvalue weighted by atomic mass is 32.1. The Labute approximate surface area is 101 Å². The van der Waals surface area contributed by atoms with Crippen molar-refractivity contribution in [1.29, 1.82) is 0 Å². The van der Waals surface area contributed by atoms with E-state index < -0.39 is 0 Å². The first kappa shape index (κ1) is 13.4. The summed E-state index contributed by atoms with van der Waals surface area (Å²) in [6.07, 6.45) is 8.27. The molecule has 0 bridgehead atoms. The van der Waals surface area contributed by atoms with Crippen molar-refractivity contribution in [3.63, 3.8) is 0 Å². The third-order valence-corrected chi connectivity index (χ3v) is 3.48. The molecule has 1 rings (SSSR count). The summed E-state index contributed by atoms with van der Waals surface area (Å²) in [7, 11) is 0. The molecular formula is C13H27NS. The molecule has 0 amide bonds. The molecule has 0 atom stereocenters. The first-order valence-corrected chi connectivity index (χ1v) is 7.22. The Morgan fingerprint density at radius 3 is 2.40 bits per heavy atom. The SMILES string of the molecule is CC(C)CCN(CCCCCS)C1CC1. The second-order valence-electron chi connectivity index (χ2n) is 5.23. The standard InChI is InChI=1S/C13H27NS/c1-12(2)8-10-14(13-6-7-13)9-4-3-5-11-15/h12-13,15H,3-11H2,1-2H3. The number of nitrogens with zero attached hydrogens (tertiary/aromatic N) is 1. The molecule has 1 saturated carbocycles. The maximum absolute atomic E-state index is 4.25. The Bertz CT molecular complexity index is 155. The van der Waals surface area contributed by atoms with E-state index >= 15 is 0 Å². The van der Waals surface area contributed by atoms with Crippen LogP contribution in [0.25, 0.3) is 0 Å². The molecule has 15 heavy (non-hydrogen) atoms. The van der Waals surface area contributed by atoms with Gasteiger partial charge in [-0.05, 0) is 56.9 Å². The molecule has 1 fully saturated rings. The van der Waals surface area contributed by atoms with Crippen LogP contribution in [0.15, 0.2) is 0 Å². The fourth-order valence-electron chi connectivity index (χ4n) is 1.94. The maximum atomic E-state index is 4.25. The average Bonchev–Trinajstić information content (AvgIpc) is 3.00. The average molecular weight is 229 g/mol. The summed E-state index contributed by atoms with van der Waals surface area (Å²) >= 11 is 4.25. The fourth-order valence-corrected chi connectivity index (χ4v) is 2.17. The van der Waals surface area contributed by atoms with Gasteiger partial charge < -0.3 is 4.90 Å². The quantitative estimate of drug-likeness (QED) is 0.467. The monoisotopic (exact) mass is 229 g/mol. The lowest BCUT2D eigenvalue weighted by molar-refractivity contribution is 0.243. The molecule has 1 aliphatic rings. The van der Waals surface area contributed by atoms with Crippen molar-refractivity contribution in [1.82, 2.24) is 4.90 Å². The Hall–Kier alpha value is 0.310. The smallest absolute Gasteiger partial charge is 0.00964 e. The molecule has 2 heteroatoms. The molecule has 0 saturated heterocycles. The topological polar surface area (TPSA) is 3.24 Å². The van der Waals surface area contributed by atoms with Crippen molar-refractivity contribution in [3.8, 4) is 0 Å². The molecule has 1 nitrogen and oxygen atoms in total. The fraction of sp³-hybridized carbons (Fsp3) is 1.00. The molecule has 0 aromatic carbocycles. The lowest BCUT2D eigenvalue weighted by Gasteiger charge is -2.22. The molecule has 1 aliphatic carbocycles. The zero-order valence-electron chi connectivity index (χ0n) is 10.4. The summed E-state index contributed by atoms with van der Waals surface area (Å²) in [6, 6.07) is 0.944. The molecule has 90 valence electrons. The largest absolute Gasteiger partial charge is 0.300 e. The van der Waals surface area contributed by atoms with Crippen LogP contribution in [-0.4, -0.2) is 29.8 Å². The second kappa shape index (κ2) is 7.56. The minimum absolute atomic E-state index is 0.851. The van der Waals surface area contributed by atoms with Gasteiger partial charge in [-0.1, -0.05) is 20.3 Å². The third kappa shape index (κ3) is 6.47. The Morgan fingerprint density at radius 2 is 1.87 bits per heavy atom. The van der Waals surface area contributed by atoms with Crippen LogP contribution in [0.1, 0.15) is 52.4 Å². The second-order valence-corrected chi connectivity index (χ2v) is 5.68. The van der Waals surface area contributed by atoms with E-state index in [2.05, 4.69) is 31.4 Å². The summed E-state index contributed by atoms with van der Waals surface area (Å²) in [5.41, 5.74) is 0. The predicted molar refractivity (Wildman–Crippen MR) is 71.8 cm³/mol. The van der Waals surface area contributed by atoms with E-state index in [-0.39, 0.29) is 0 Å². The number of unbranched alkanes of at least 4 members (excludes halogenated alkanes) is 2. The van der Waals surface area contributed by atoms with Crippen LogP contribution in [0.2, 0.25) is 0 Å². The van der Waals surface area contributed by atoms with E-state index in [0.29, 0.717) is 0 Å².